The Bertz CT molecular complexity index is 60.7. The van der Waals surface area contributed by atoms with Crippen LogP contribution >= 0.6 is 0 Å². The molecule has 0 heterocycles. The third-order valence-corrected chi connectivity index (χ3v) is 0.647. The summed E-state index contributed by atoms with van der Waals surface area (Å²) in [5, 5.41) is 3.76. The molecular weight excluding hydrogens is 177 g/mol. The van der Waals surface area contributed by atoms with E-state index in [1.54, 1.807) is 14.1 Å². The van der Waals surface area contributed by atoms with Crippen LogP contribution < -0.4 is 0 Å². The Labute approximate surface area is 57.2 Å². The van der Waals surface area contributed by atoms with Crippen LogP contribution in [0, 0.1) is 0 Å². The van der Waals surface area contributed by atoms with Crippen molar-refractivity contribution in [2.75, 3.05) is 14.1 Å². The van der Waals surface area contributed by atoms with Crippen molar-refractivity contribution < 1.29 is 19.5 Å². The van der Waals surface area contributed by atoms with Gasteiger partial charge in [0.2, 0.25) is 0 Å². The molecule has 43 valence electrons. The zero-order valence-electron chi connectivity index (χ0n) is 4.75. The van der Waals surface area contributed by atoms with Gasteiger partial charge in [0.1, 0.15) is 0 Å². The molecule has 3 heteroatoms. The molecule has 0 unspecified atom stereocenters. The second kappa shape index (κ2) is 6.09. The van der Waals surface area contributed by atoms with Crippen molar-refractivity contribution in [3.05, 3.63) is 5.32 Å². The average molecular weight is 186 g/mol. The molecule has 2 nitrogen and oxygen atoms in total. The fourth-order valence-electron chi connectivity index (χ4n) is 0.100. The van der Waals surface area contributed by atoms with Crippen molar-refractivity contribution in [2.24, 2.45) is 4.99 Å². The van der Waals surface area contributed by atoms with Gasteiger partial charge < -0.3 is 10.3 Å². The van der Waals surface area contributed by atoms with Gasteiger partial charge in [0.25, 0.3) is 0 Å². The number of hydrogen-bond acceptors (Lipinski definition) is 1. The summed E-state index contributed by atoms with van der Waals surface area (Å²) in [4.78, 5) is 3.76. The quantitative estimate of drug-likeness (QED) is 0.307. The van der Waals surface area contributed by atoms with Gasteiger partial charge in [-0.3, -0.25) is 0 Å². The second-order valence-corrected chi connectivity index (χ2v) is 0.994. The van der Waals surface area contributed by atoms with Crippen molar-refractivity contribution in [3.8, 4) is 0 Å². The standard InChI is InChI=1S/C4H9N2.Ru/c1-4(5-2)6-3;/h1-3H3;/q-1;+1. The van der Waals surface area contributed by atoms with Gasteiger partial charge in [0.15, 0.2) is 0 Å². The maximum Gasteiger partial charge on any atom is 1.00 e. The van der Waals surface area contributed by atoms with Gasteiger partial charge in [-0.25, -0.2) is 0 Å². The van der Waals surface area contributed by atoms with E-state index >= 15 is 0 Å². The van der Waals surface area contributed by atoms with Gasteiger partial charge in [0.05, 0.1) is 0 Å². The van der Waals surface area contributed by atoms with E-state index in [0.29, 0.717) is 0 Å². The fraction of sp³-hybridized carbons (Fsp3) is 0.750. The molecular formula is C4H9N2Ru. The van der Waals surface area contributed by atoms with E-state index in [9.17, 15) is 0 Å². The summed E-state index contributed by atoms with van der Waals surface area (Å²) in [6.45, 7) is 1.86. The number of nitrogens with zero attached hydrogens (tertiary/aromatic N) is 2. The van der Waals surface area contributed by atoms with E-state index in [-0.39, 0.29) is 19.5 Å². The molecule has 0 rings (SSSR count). The zero-order chi connectivity index (χ0) is 4.99. The van der Waals surface area contributed by atoms with Crippen LogP contribution in [0.25, 0.3) is 5.32 Å². The van der Waals surface area contributed by atoms with Gasteiger partial charge in [-0.15, -0.1) is 0 Å². The molecule has 0 aromatic heterocycles. The van der Waals surface area contributed by atoms with Crippen LogP contribution in [0.15, 0.2) is 4.99 Å². The number of hydrogen-bond donors (Lipinski definition) is 0. The van der Waals surface area contributed by atoms with Gasteiger partial charge in [0, 0.05) is 0 Å². The Morgan fingerprint density at radius 2 is 2.00 bits per heavy atom. The molecule has 0 amide bonds. The molecule has 7 heavy (non-hydrogen) atoms. The topological polar surface area (TPSA) is 26.5 Å². The molecule has 0 spiro atoms. The van der Waals surface area contributed by atoms with Crippen molar-refractivity contribution in [1.82, 2.24) is 0 Å². The summed E-state index contributed by atoms with van der Waals surface area (Å²) in [6, 6.07) is 0. The van der Waals surface area contributed by atoms with Crippen LogP contribution in [0.1, 0.15) is 6.92 Å². The summed E-state index contributed by atoms with van der Waals surface area (Å²) in [5.41, 5.74) is 0. The van der Waals surface area contributed by atoms with Crippen molar-refractivity contribution in [1.29, 1.82) is 0 Å². The first kappa shape index (κ1) is 10.2. The van der Waals surface area contributed by atoms with Crippen LogP contribution in [-0.4, -0.2) is 19.9 Å². The Morgan fingerprint density at radius 3 is 2.00 bits per heavy atom. The average Bonchev–Trinajstić information content (AvgIpc) is 1.65. The molecule has 0 N–H and O–H groups in total. The first-order chi connectivity index (χ1) is 2.81. The zero-order valence-corrected chi connectivity index (χ0v) is 6.49. The van der Waals surface area contributed by atoms with E-state index < -0.39 is 0 Å². The Hall–Kier alpha value is 0.0934. The minimum Gasteiger partial charge on any atom is -0.473 e. The van der Waals surface area contributed by atoms with Crippen molar-refractivity contribution in [3.63, 3.8) is 0 Å². The molecule has 0 atom stereocenters. The predicted molar refractivity (Wildman–Crippen MR) is 28.3 cm³/mol. The molecule has 0 fully saturated rings. The minimum atomic E-state index is 0. The maximum absolute atomic E-state index is 3.76. The van der Waals surface area contributed by atoms with Crippen LogP contribution in [0.5, 0.6) is 0 Å². The Balaban J connectivity index is 0. The monoisotopic (exact) mass is 187 g/mol. The number of rotatable bonds is 0. The van der Waals surface area contributed by atoms with Gasteiger partial charge in [-0.1, -0.05) is 19.9 Å². The van der Waals surface area contributed by atoms with E-state index in [4.69, 9.17) is 0 Å². The van der Waals surface area contributed by atoms with E-state index in [0.717, 1.165) is 5.84 Å². The number of amidine groups is 1. The van der Waals surface area contributed by atoms with Crippen LogP contribution in [-0.2, 0) is 19.5 Å². The molecule has 1 radical (unpaired) electrons. The van der Waals surface area contributed by atoms with Crippen molar-refractivity contribution in [2.45, 2.75) is 6.92 Å². The summed E-state index contributed by atoms with van der Waals surface area (Å²) in [5.74, 6) is 0.843. The molecule has 0 aliphatic rings. The van der Waals surface area contributed by atoms with Gasteiger partial charge in [-0.05, 0) is 6.92 Å². The van der Waals surface area contributed by atoms with Crippen molar-refractivity contribution >= 4 is 5.84 Å². The normalized spacial score (nSPS) is 9.86. The largest absolute Gasteiger partial charge is 1.00 e. The predicted octanol–water partition coefficient (Wildman–Crippen LogP) is 1.04. The second-order valence-electron chi connectivity index (χ2n) is 0.994. The summed E-state index contributed by atoms with van der Waals surface area (Å²) in [6.07, 6.45) is 0. The minimum absolute atomic E-state index is 0. The molecule has 0 aliphatic carbocycles. The smallest absolute Gasteiger partial charge is 0.473 e. The summed E-state index contributed by atoms with van der Waals surface area (Å²) < 4.78 is 0. The van der Waals surface area contributed by atoms with E-state index in [1.807, 2.05) is 6.92 Å². The van der Waals surface area contributed by atoms with Crippen LogP contribution in [0.4, 0.5) is 0 Å². The first-order valence-corrected chi connectivity index (χ1v) is 1.84. The maximum atomic E-state index is 3.76. The molecule has 0 bridgehead atoms. The van der Waals surface area contributed by atoms with Crippen LogP contribution in [0.3, 0.4) is 0 Å². The van der Waals surface area contributed by atoms with Gasteiger partial charge >= 0.3 is 19.5 Å². The third-order valence-electron chi connectivity index (χ3n) is 0.647. The third kappa shape index (κ3) is 6.09. The Kier molecular flexibility index (Phi) is 8.84. The summed E-state index contributed by atoms with van der Waals surface area (Å²) in [7, 11) is 3.45. The molecule has 0 saturated carbocycles. The molecule has 0 aromatic carbocycles. The summed E-state index contributed by atoms with van der Waals surface area (Å²) >= 11 is 0. The van der Waals surface area contributed by atoms with Gasteiger partial charge in [-0.2, -0.15) is 0 Å². The van der Waals surface area contributed by atoms with E-state index in [2.05, 4.69) is 10.3 Å². The first-order valence-electron chi connectivity index (χ1n) is 1.84. The SMILES string of the molecule is CN=C(C)[N-]C.[Ru+]. The van der Waals surface area contributed by atoms with E-state index in [1.165, 1.54) is 0 Å². The molecule has 0 aromatic rings. The Morgan fingerprint density at radius 1 is 1.57 bits per heavy atom. The van der Waals surface area contributed by atoms with Crippen LogP contribution in [0.2, 0.25) is 0 Å². The fourth-order valence-corrected chi connectivity index (χ4v) is 0.100. The molecule has 0 saturated heterocycles. The number of aliphatic imine (C=N–C) groups is 1. The molecule has 0 aliphatic heterocycles.